The fourth-order valence-electron chi connectivity index (χ4n) is 5.08. The normalized spacial score (nSPS) is 19.6. The summed E-state index contributed by atoms with van der Waals surface area (Å²) >= 11 is 0. The van der Waals surface area contributed by atoms with Crippen molar-refractivity contribution in [2.45, 2.75) is 51.2 Å². The van der Waals surface area contributed by atoms with Gasteiger partial charge in [0, 0.05) is 18.7 Å². The molecule has 7 heteroatoms. The van der Waals surface area contributed by atoms with E-state index in [-0.39, 0.29) is 5.91 Å². The second-order valence-electron chi connectivity index (χ2n) is 10.4. The highest BCUT2D eigenvalue weighted by Gasteiger charge is 2.33. The van der Waals surface area contributed by atoms with E-state index in [1.54, 1.807) is 30.9 Å². The predicted octanol–water partition coefficient (Wildman–Crippen LogP) is 4.28. The number of piperidine rings is 1. The monoisotopic (exact) mass is 481 g/mol. The summed E-state index contributed by atoms with van der Waals surface area (Å²) in [6.07, 6.45) is 3.47. The van der Waals surface area contributed by atoms with Gasteiger partial charge >= 0.3 is 0 Å². The Balaban J connectivity index is 1.28. The van der Waals surface area contributed by atoms with Crippen molar-refractivity contribution in [2.75, 3.05) is 32.8 Å². The largest absolute Gasteiger partial charge is 0.493 e. The molecule has 6 nitrogen and oxygen atoms in total. The third kappa shape index (κ3) is 6.60. The second kappa shape index (κ2) is 10.8. The van der Waals surface area contributed by atoms with Crippen LogP contribution in [0, 0.1) is 5.92 Å². The Labute approximate surface area is 207 Å². The van der Waals surface area contributed by atoms with Gasteiger partial charge in [-0.25, -0.2) is 4.39 Å². The number of benzene rings is 2. The highest BCUT2D eigenvalue weighted by Crippen LogP contribution is 2.26. The van der Waals surface area contributed by atoms with Gasteiger partial charge in [-0.05, 0) is 93.9 Å². The minimum Gasteiger partial charge on any atom is -0.493 e. The molecular formula is C28H36FN3O3. The minimum absolute atomic E-state index is 0.152. The van der Waals surface area contributed by atoms with Crippen LogP contribution in [-0.4, -0.2) is 66.1 Å². The van der Waals surface area contributed by atoms with Crippen molar-refractivity contribution in [1.82, 2.24) is 9.80 Å². The molecule has 0 unspecified atom stereocenters. The SMILES string of the molecule is CC(C)(F)CN1CCC(COc2ccc(-c3ccc(C(=O)N4CCC[C@@H]4C(N)=O)cc3)cc2)CC1. The fraction of sp³-hybridized carbons (Fsp3) is 0.500. The summed E-state index contributed by atoms with van der Waals surface area (Å²) in [6, 6.07) is 14.9. The Morgan fingerprint density at radius 1 is 0.971 bits per heavy atom. The Hall–Kier alpha value is -2.93. The van der Waals surface area contributed by atoms with Crippen LogP contribution in [0.3, 0.4) is 0 Å². The molecule has 0 saturated carbocycles. The number of likely N-dealkylation sites (tertiary alicyclic amines) is 2. The maximum absolute atomic E-state index is 13.9. The zero-order chi connectivity index (χ0) is 25.0. The van der Waals surface area contributed by atoms with Gasteiger partial charge < -0.3 is 20.3 Å². The highest BCUT2D eigenvalue weighted by molar-refractivity contribution is 5.98. The van der Waals surface area contributed by atoms with Crippen LogP contribution < -0.4 is 10.5 Å². The number of rotatable bonds is 8. The summed E-state index contributed by atoms with van der Waals surface area (Å²) < 4.78 is 19.9. The topological polar surface area (TPSA) is 75.9 Å². The number of nitrogens with zero attached hydrogens (tertiary/aromatic N) is 2. The van der Waals surface area contributed by atoms with Crippen LogP contribution in [0.2, 0.25) is 0 Å². The number of hydrogen-bond acceptors (Lipinski definition) is 4. The highest BCUT2D eigenvalue weighted by atomic mass is 19.1. The number of amides is 2. The maximum atomic E-state index is 13.9. The maximum Gasteiger partial charge on any atom is 0.254 e. The lowest BCUT2D eigenvalue weighted by Crippen LogP contribution is -2.43. The first-order valence-corrected chi connectivity index (χ1v) is 12.5. The van der Waals surface area contributed by atoms with Crippen LogP contribution in [0.25, 0.3) is 11.1 Å². The summed E-state index contributed by atoms with van der Waals surface area (Å²) in [5.41, 5.74) is 6.90. The van der Waals surface area contributed by atoms with E-state index in [2.05, 4.69) is 4.90 Å². The molecule has 4 rings (SSSR count). The van der Waals surface area contributed by atoms with Gasteiger partial charge in [-0.15, -0.1) is 0 Å². The lowest BCUT2D eigenvalue weighted by atomic mass is 9.97. The lowest BCUT2D eigenvalue weighted by molar-refractivity contribution is -0.121. The standard InChI is InChI=1S/C28H36FN3O3/c1-28(2,29)19-31-16-13-20(14-17-31)18-35-24-11-9-22(10-12-24)21-5-7-23(8-6-21)27(34)32-15-3-4-25(32)26(30)33/h5-12,20,25H,3-4,13-19H2,1-2H3,(H2,30,33)/t25-/m1/s1. The molecule has 2 saturated heterocycles. The number of primary amides is 1. The van der Waals surface area contributed by atoms with Crippen molar-refractivity contribution in [2.24, 2.45) is 11.7 Å². The van der Waals surface area contributed by atoms with Crippen molar-refractivity contribution in [1.29, 1.82) is 0 Å². The van der Waals surface area contributed by atoms with Gasteiger partial charge in [0.25, 0.3) is 5.91 Å². The van der Waals surface area contributed by atoms with E-state index in [1.807, 2.05) is 36.4 Å². The molecule has 2 aliphatic rings. The smallest absolute Gasteiger partial charge is 0.254 e. The number of hydrogen-bond donors (Lipinski definition) is 1. The first kappa shape index (κ1) is 25.2. The van der Waals surface area contributed by atoms with Gasteiger partial charge in [-0.2, -0.15) is 0 Å². The molecule has 0 spiro atoms. The number of ether oxygens (including phenoxy) is 1. The van der Waals surface area contributed by atoms with Gasteiger partial charge in [0.05, 0.1) is 6.61 Å². The number of carbonyl (C=O) groups is 2. The molecule has 0 aliphatic carbocycles. The third-order valence-corrected chi connectivity index (χ3v) is 6.95. The number of carbonyl (C=O) groups excluding carboxylic acids is 2. The fourth-order valence-corrected chi connectivity index (χ4v) is 5.08. The van der Waals surface area contributed by atoms with E-state index < -0.39 is 17.6 Å². The third-order valence-electron chi connectivity index (χ3n) is 6.95. The lowest BCUT2D eigenvalue weighted by Gasteiger charge is -2.34. The van der Waals surface area contributed by atoms with Crippen LogP contribution in [-0.2, 0) is 4.79 Å². The molecule has 0 bridgehead atoms. The van der Waals surface area contributed by atoms with Crippen LogP contribution in [0.4, 0.5) is 4.39 Å². The molecule has 2 aromatic rings. The predicted molar refractivity (Wildman–Crippen MR) is 135 cm³/mol. The quantitative estimate of drug-likeness (QED) is 0.611. The van der Waals surface area contributed by atoms with Crippen molar-refractivity contribution in [3.63, 3.8) is 0 Å². The van der Waals surface area contributed by atoms with E-state index in [4.69, 9.17) is 10.5 Å². The minimum atomic E-state index is -1.15. The molecule has 2 fully saturated rings. The van der Waals surface area contributed by atoms with E-state index in [0.29, 0.717) is 37.6 Å². The molecule has 35 heavy (non-hydrogen) atoms. The average molecular weight is 482 g/mol. The molecule has 2 amide bonds. The first-order chi connectivity index (χ1) is 16.7. The van der Waals surface area contributed by atoms with Crippen molar-refractivity contribution in [3.05, 3.63) is 54.1 Å². The van der Waals surface area contributed by atoms with E-state index in [0.717, 1.165) is 49.2 Å². The Morgan fingerprint density at radius 3 is 2.14 bits per heavy atom. The summed E-state index contributed by atoms with van der Waals surface area (Å²) in [4.78, 5) is 28.2. The molecule has 2 aliphatic heterocycles. The summed E-state index contributed by atoms with van der Waals surface area (Å²) in [5.74, 6) is 0.727. The van der Waals surface area contributed by atoms with Gasteiger partial charge in [0.15, 0.2) is 0 Å². The summed E-state index contributed by atoms with van der Waals surface area (Å²) in [6.45, 7) is 6.82. The number of nitrogens with two attached hydrogens (primary N) is 1. The van der Waals surface area contributed by atoms with Gasteiger partial charge in [0.1, 0.15) is 17.5 Å². The Morgan fingerprint density at radius 2 is 1.57 bits per heavy atom. The second-order valence-corrected chi connectivity index (χ2v) is 10.4. The van der Waals surface area contributed by atoms with Crippen LogP contribution in [0.1, 0.15) is 49.9 Å². The van der Waals surface area contributed by atoms with Crippen LogP contribution >= 0.6 is 0 Å². The molecule has 2 N–H and O–H groups in total. The molecule has 1 atom stereocenters. The van der Waals surface area contributed by atoms with E-state index in [9.17, 15) is 14.0 Å². The zero-order valence-electron chi connectivity index (χ0n) is 20.7. The van der Waals surface area contributed by atoms with Crippen LogP contribution in [0.5, 0.6) is 5.75 Å². The molecule has 0 aromatic heterocycles. The average Bonchev–Trinajstić information content (AvgIpc) is 3.33. The molecule has 2 heterocycles. The molecular weight excluding hydrogens is 445 g/mol. The summed E-state index contributed by atoms with van der Waals surface area (Å²) in [5, 5.41) is 0. The van der Waals surface area contributed by atoms with Crippen molar-refractivity contribution in [3.8, 4) is 16.9 Å². The van der Waals surface area contributed by atoms with Gasteiger partial charge in [-0.1, -0.05) is 24.3 Å². The molecule has 2 aromatic carbocycles. The van der Waals surface area contributed by atoms with Crippen LogP contribution in [0.15, 0.2) is 48.5 Å². The van der Waals surface area contributed by atoms with E-state index >= 15 is 0 Å². The van der Waals surface area contributed by atoms with Gasteiger partial charge in [0.2, 0.25) is 5.91 Å². The Kier molecular flexibility index (Phi) is 7.75. The number of alkyl halides is 1. The molecule has 0 radical (unpaired) electrons. The number of halogens is 1. The van der Waals surface area contributed by atoms with Crippen molar-refractivity contribution < 1.29 is 18.7 Å². The van der Waals surface area contributed by atoms with Crippen molar-refractivity contribution >= 4 is 11.8 Å². The Bertz CT molecular complexity index is 1010. The van der Waals surface area contributed by atoms with E-state index in [1.165, 1.54) is 0 Å². The summed E-state index contributed by atoms with van der Waals surface area (Å²) in [7, 11) is 0. The molecule has 188 valence electrons. The first-order valence-electron chi connectivity index (χ1n) is 12.5. The zero-order valence-corrected chi connectivity index (χ0v) is 20.7. The van der Waals surface area contributed by atoms with Gasteiger partial charge in [-0.3, -0.25) is 9.59 Å².